The van der Waals surface area contributed by atoms with Gasteiger partial charge in [-0.1, -0.05) is 129 Å². The van der Waals surface area contributed by atoms with Gasteiger partial charge in [-0.15, -0.1) is 0 Å². The van der Waals surface area contributed by atoms with E-state index in [-0.39, 0.29) is 12.8 Å². The molecule has 0 aromatic heterocycles. The van der Waals surface area contributed by atoms with Crippen molar-refractivity contribution in [2.45, 2.75) is 180 Å². The van der Waals surface area contributed by atoms with Crippen molar-refractivity contribution in [3.63, 3.8) is 0 Å². The lowest BCUT2D eigenvalue weighted by Gasteiger charge is -2.20. The molecule has 0 spiro atoms. The fraction of sp³-hybridized carbons (Fsp3) is 0.889. The van der Waals surface area contributed by atoms with Crippen molar-refractivity contribution in [1.82, 2.24) is 0 Å². The van der Waals surface area contributed by atoms with Crippen LogP contribution in [0.3, 0.4) is 0 Å². The van der Waals surface area contributed by atoms with E-state index in [1.165, 1.54) is 77.0 Å². The van der Waals surface area contributed by atoms with Gasteiger partial charge in [0.1, 0.15) is 12.2 Å². The Kier molecular flexibility index (Phi) is 32.3. The fourth-order valence-electron chi connectivity index (χ4n) is 5.05. The number of aliphatic hydroxyl groups is 2. The van der Waals surface area contributed by atoms with Crippen molar-refractivity contribution >= 4 is 19.8 Å². The molecule has 3 atom stereocenters. The van der Waals surface area contributed by atoms with Gasteiger partial charge in [-0.25, -0.2) is 4.57 Å². The number of aliphatic hydroxyl groups excluding tert-OH is 2. The van der Waals surface area contributed by atoms with E-state index in [1.807, 2.05) is 0 Å². The van der Waals surface area contributed by atoms with E-state index >= 15 is 0 Å². The van der Waals surface area contributed by atoms with Gasteiger partial charge in [0.25, 0.3) is 0 Å². The number of allylic oxidation sites excluding steroid dienone is 2. The number of phosphoric acid groups is 1. The quantitative estimate of drug-likeness (QED) is 0.0254. The number of esters is 2. The maximum Gasteiger partial charge on any atom is 0.472 e. The van der Waals surface area contributed by atoms with Gasteiger partial charge in [-0.3, -0.25) is 18.6 Å². The van der Waals surface area contributed by atoms with Crippen LogP contribution in [0.25, 0.3) is 0 Å². The third-order valence-corrected chi connectivity index (χ3v) is 8.93. The number of hydrogen-bond acceptors (Lipinski definition) is 9. The lowest BCUT2D eigenvalue weighted by atomic mass is 10.1. The lowest BCUT2D eigenvalue weighted by molar-refractivity contribution is -0.153. The maximum atomic E-state index is 12.3. The summed E-state index contributed by atoms with van der Waals surface area (Å²) in [5.74, 6) is -1.03. The van der Waals surface area contributed by atoms with Crippen LogP contribution in [0.5, 0.6) is 0 Å². The average Bonchev–Trinajstić information content (AvgIpc) is 3.05. The Morgan fingerprint density at radius 1 is 0.553 bits per heavy atom. The molecule has 47 heavy (non-hydrogen) atoms. The summed E-state index contributed by atoms with van der Waals surface area (Å²) >= 11 is 0. The minimum absolute atomic E-state index is 0.185. The minimum atomic E-state index is -4.62. The van der Waals surface area contributed by atoms with Crippen LogP contribution < -0.4 is 0 Å². The van der Waals surface area contributed by atoms with E-state index in [9.17, 15) is 29.3 Å². The molecule has 0 heterocycles. The predicted molar refractivity (Wildman–Crippen MR) is 187 cm³/mol. The van der Waals surface area contributed by atoms with Crippen molar-refractivity contribution in [3.8, 4) is 0 Å². The minimum Gasteiger partial charge on any atom is -0.457 e. The Bertz CT molecular complexity index is 807. The van der Waals surface area contributed by atoms with Gasteiger partial charge in [0.2, 0.25) is 0 Å². The highest BCUT2D eigenvalue weighted by Crippen LogP contribution is 2.43. The van der Waals surface area contributed by atoms with E-state index in [2.05, 4.69) is 26.0 Å². The number of ether oxygens (including phenoxy) is 2. The Morgan fingerprint density at radius 3 is 1.21 bits per heavy atom. The van der Waals surface area contributed by atoms with Crippen LogP contribution in [0.1, 0.15) is 168 Å². The molecule has 0 saturated carbocycles. The number of hydrogen-bond donors (Lipinski definition) is 3. The first kappa shape index (κ1) is 45.7. The van der Waals surface area contributed by atoms with Crippen LogP contribution >= 0.6 is 7.82 Å². The second-order valence-electron chi connectivity index (χ2n) is 12.6. The van der Waals surface area contributed by atoms with Gasteiger partial charge in [0.05, 0.1) is 26.4 Å². The van der Waals surface area contributed by atoms with Crippen LogP contribution in [0.4, 0.5) is 0 Å². The highest BCUT2D eigenvalue weighted by atomic mass is 31.2. The van der Waals surface area contributed by atoms with E-state index in [4.69, 9.17) is 18.5 Å². The van der Waals surface area contributed by atoms with Gasteiger partial charge in [0.15, 0.2) is 0 Å². The first-order valence-corrected chi connectivity index (χ1v) is 20.1. The van der Waals surface area contributed by atoms with Crippen LogP contribution in [-0.4, -0.2) is 65.7 Å². The zero-order chi connectivity index (χ0) is 34.9. The summed E-state index contributed by atoms with van der Waals surface area (Å²) in [7, 11) is -4.62. The van der Waals surface area contributed by atoms with Crippen molar-refractivity contribution in [1.29, 1.82) is 0 Å². The Labute approximate surface area is 286 Å². The third-order valence-electron chi connectivity index (χ3n) is 7.98. The van der Waals surface area contributed by atoms with Crippen molar-refractivity contribution in [2.75, 3.05) is 26.4 Å². The lowest BCUT2D eigenvalue weighted by Crippen LogP contribution is -2.28. The molecule has 0 aliphatic heterocycles. The number of carbonyl (C=O) groups excluding carboxylic acids is 2. The second kappa shape index (κ2) is 33.2. The third kappa shape index (κ3) is 31.7. The molecule has 3 unspecified atom stereocenters. The van der Waals surface area contributed by atoms with Crippen LogP contribution in [-0.2, 0) is 32.7 Å². The molecule has 0 aromatic carbocycles. The molecule has 0 aliphatic carbocycles. The van der Waals surface area contributed by atoms with Gasteiger partial charge in [-0.05, 0) is 38.5 Å². The van der Waals surface area contributed by atoms with E-state index in [1.54, 1.807) is 0 Å². The number of rotatable bonds is 35. The van der Waals surface area contributed by atoms with Gasteiger partial charge < -0.3 is 24.6 Å². The largest absolute Gasteiger partial charge is 0.472 e. The standard InChI is InChI=1S/C36H69O10P/c1-3-5-7-9-11-13-14-15-16-17-18-19-20-22-24-26-28-36(40)46-34(30-38)32-44-47(41,42)43-31-33(29-37)45-35(39)27-25-23-21-12-10-8-6-4-2/h16-17,33-34,37-38H,3-15,18-32H2,1-2H3,(H,41,42)/b17-16-. The summed E-state index contributed by atoms with van der Waals surface area (Å²) in [6.45, 7) is 2.14. The molecule has 0 radical (unpaired) electrons. The summed E-state index contributed by atoms with van der Waals surface area (Å²) in [4.78, 5) is 34.2. The smallest absolute Gasteiger partial charge is 0.457 e. The summed E-state index contributed by atoms with van der Waals surface area (Å²) in [6.07, 6.45) is 27.8. The molecule has 0 amide bonds. The molecule has 0 rings (SSSR count). The Morgan fingerprint density at radius 2 is 0.872 bits per heavy atom. The first-order valence-electron chi connectivity index (χ1n) is 18.6. The molecule has 0 aromatic rings. The monoisotopic (exact) mass is 692 g/mol. The summed E-state index contributed by atoms with van der Waals surface area (Å²) in [5.41, 5.74) is 0. The fourth-order valence-corrected chi connectivity index (χ4v) is 5.83. The van der Waals surface area contributed by atoms with Crippen molar-refractivity contribution in [2.24, 2.45) is 0 Å². The molecule has 0 bridgehead atoms. The van der Waals surface area contributed by atoms with E-state index in [0.29, 0.717) is 12.8 Å². The topological polar surface area (TPSA) is 149 Å². The zero-order valence-corrected chi connectivity index (χ0v) is 30.6. The molecule has 3 N–H and O–H groups in total. The van der Waals surface area contributed by atoms with Gasteiger partial charge in [0, 0.05) is 12.8 Å². The number of unbranched alkanes of at least 4 members (excludes halogenated alkanes) is 19. The molecular weight excluding hydrogens is 623 g/mol. The molecule has 11 heteroatoms. The predicted octanol–water partition coefficient (Wildman–Crippen LogP) is 8.89. The molecule has 0 aliphatic rings. The van der Waals surface area contributed by atoms with Crippen LogP contribution in [0, 0.1) is 0 Å². The summed E-state index contributed by atoms with van der Waals surface area (Å²) < 4.78 is 32.3. The normalized spacial score (nSPS) is 14.2. The van der Waals surface area contributed by atoms with E-state index < -0.39 is 58.4 Å². The SMILES string of the molecule is CCCCCCCCC/C=C\CCCCCCCC(=O)OC(CO)COP(=O)(O)OCC(CO)OC(=O)CCCCCCCCCC. The maximum absolute atomic E-state index is 12.3. The Hall–Kier alpha value is -1.29. The molecular formula is C36H69O10P. The Balaban J connectivity index is 3.97. The van der Waals surface area contributed by atoms with Crippen LogP contribution in [0.2, 0.25) is 0 Å². The first-order chi connectivity index (χ1) is 22.8. The number of phosphoric ester groups is 1. The summed E-state index contributed by atoms with van der Waals surface area (Å²) in [6, 6.07) is 0. The molecule has 278 valence electrons. The zero-order valence-electron chi connectivity index (χ0n) is 29.8. The van der Waals surface area contributed by atoms with Gasteiger partial charge in [-0.2, -0.15) is 0 Å². The molecule has 0 saturated heterocycles. The number of carbonyl (C=O) groups is 2. The summed E-state index contributed by atoms with van der Waals surface area (Å²) in [5, 5.41) is 19.0. The van der Waals surface area contributed by atoms with Gasteiger partial charge >= 0.3 is 19.8 Å². The average molecular weight is 693 g/mol. The van der Waals surface area contributed by atoms with Crippen molar-refractivity contribution < 1.29 is 47.8 Å². The van der Waals surface area contributed by atoms with Crippen LogP contribution in [0.15, 0.2) is 12.2 Å². The van der Waals surface area contributed by atoms with Crippen molar-refractivity contribution in [3.05, 3.63) is 12.2 Å². The second-order valence-corrected chi connectivity index (χ2v) is 14.0. The molecule has 0 fully saturated rings. The molecule has 10 nitrogen and oxygen atoms in total. The highest BCUT2D eigenvalue weighted by Gasteiger charge is 2.27. The highest BCUT2D eigenvalue weighted by molar-refractivity contribution is 7.47. The van der Waals surface area contributed by atoms with E-state index in [0.717, 1.165) is 51.4 Å².